The van der Waals surface area contributed by atoms with Crippen LogP contribution in [0.3, 0.4) is 0 Å². The fourth-order valence-corrected chi connectivity index (χ4v) is 2.03. The van der Waals surface area contributed by atoms with Gasteiger partial charge in [-0.2, -0.15) is 0 Å². The van der Waals surface area contributed by atoms with Crippen LogP contribution < -0.4 is 14.8 Å². The van der Waals surface area contributed by atoms with Crippen molar-refractivity contribution in [1.29, 1.82) is 0 Å². The van der Waals surface area contributed by atoms with Gasteiger partial charge in [-0.1, -0.05) is 0 Å². The Morgan fingerprint density at radius 2 is 2.28 bits per heavy atom. The first-order valence-electron chi connectivity index (χ1n) is 5.90. The first-order chi connectivity index (χ1) is 8.74. The highest BCUT2D eigenvalue weighted by molar-refractivity contribution is 5.68. The van der Waals surface area contributed by atoms with Crippen molar-refractivity contribution in [2.75, 3.05) is 20.8 Å². The average molecular weight is 251 g/mol. The molecule has 1 aromatic carbocycles. The van der Waals surface area contributed by atoms with Crippen molar-refractivity contribution >= 4 is 6.09 Å². The molecule has 1 aromatic rings. The minimum atomic E-state index is -0.427. The number of carbonyl (C=O) groups excluding carboxylic acids is 1. The highest BCUT2D eigenvalue weighted by atomic mass is 16.5. The van der Waals surface area contributed by atoms with E-state index >= 15 is 0 Å². The highest BCUT2D eigenvalue weighted by Crippen LogP contribution is 2.34. The Morgan fingerprint density at radius 1 is 1.44 bits per heavy atom. The molecule has 18 heavy (non-hydrogen) atoms. The molecule has 1 aliphatic heterocycles. The molecule has 1 heterocycles. The lowest BCUT2D eigenvalue weighted by Crippen LogP contribution is -2.28. The number of alkyl carbamates (subject to hydrolysis) is 1. The quantitative estimate of drug-likeness (QED) is 0.876. The van der Waals surface area contributed by atoms with Gasteiger partial charge in [0, 0.05) is 11.6 Å². The maximum absolute atomic E-state index is 11.3. The van der Waals surface area contributed by atoms with Gasteiger partial charge in [0.05, 0.1) is 26.9 Å². The second-order valence-corrected chi connectivity index (χ2v) is 4.08. The number of fused-ring (bicyclic) bond motifs is 1. The van der Waals surface area contributed by atoms with Gasteiger partial charge in [0.2, 0.25) is 0 Å². The Morgan fingerprint density at radius 3 is 3.00 bits per heavy atom. The molecule has 5 heteroatoms. The molecular formula is C13H17NO4. The molecule has 1 aliphatic rings. The summed E-state index contributed by atoms with van der Waals surface area (Å²) in [4.78, 5) is 11.3. The maximum Gasteiger partial charge on any atom is 0.407 e. The Hall–Kier alpha value is -1.91. The molecule has 0 saturated heterocycles. The monoisotopic (exact) mass is 251 g/mol. The van der Waals surface area contributed by atoms with E-state index < -0.39 is 6.09 Å². The third kappa shape index (κ3) is 2.67. The minimum absolute atomic E-state index is 0.0825. The normalized spacial score (nSPS) is 18.0. The fraction of sp³-hybridized carbons (Fsp3) is 0.462. The zero-order chi connectivity index (χ0) is 13.0. The third-order valence-corrected chi connectivity index (χ3v) is 2.97. The smallest absolute Gasteiger partial charge is 0.407 e. The molecule has 1 atom stereocenters. The van der Waals surface area contributed by atoms with Crippen LogP contribution >= 0.6 is 0 Å². The lowest BCUT2D eigenvalue weighted by Gasteiger charge is -2.17. The topological polar surface area (TPSA) is 56.8 Å². The predicted molar refractivity (Wildman–Crippen MR) is 66.0 cm³/mol. The molecule has 5 nitrogen and oxygen atoms in total. The van der Waals surface area contributed by atoms with Crippen LogP contribution in [0.4, 0.5) is 4.79 Å². The number of ether oxygens (including phenoxy) is 3. The van der Waals surface area contributed by atoms with Crippen LogP contribution in [0.15, 0.2) is 18.2 Å². The van der Waals surface area contributed by atoms with Crippen LogP contribution in [0.25, 0.3) is 0 Å². The molecule has 0 spiro atoms. The summed E-state index contributed by atoms with van der Waals surface area (Å²) in [7, 11) is 2.97. The second kappa shape index (κ2) is 5.62. The zero-order valence-electron chi connectivity index (χ0n) is 10.6. The average Bonchev–Trinajstić information content (AvgIpc) is 2.60. The predicted octanol–water partition coefficient (Wildman–Crippen LogP) is 2.26. The summed E-state index contributed by atoms with van der Waals surface area (Å²) in [6.45, 7) is 0.638. The van der Waals surface area contributed by atoms with Gasteiger partial charge in [-0.05, 0) is 25.0 Å². The number of hydrogen-bond donors (Lipinski definition) is 1. The van der Waals surface area contributed by atoms with Crippen molar-refractivity contribution in [3.05, 3.63) is 23.8 Å². The zero-order valence-corrected chi connectivity index (χ0v) is 10.6. The number of nitrogens with one attached hydrogen (secondary N) is 1. The molecule has 2 rings (SSSR count). The van der Waals surface area contributed by atoms with Crippen molar-refractivity contribution in [2.45, 2.75) is 18.9 Å². The number of carbonyl (C=O) groups is 1. The summed E-state index contributed by atoms with van der Waals surface area (Å²) in [5.41, 5.74) is 0.957. The van der Waals surface area contributed by atoms with Gasteiger partial charge in [-0.15, -0.1) is 0 Å². The Bertz CT molecular complexity index is 433. The lowest BCUT2D eigenvalue weighted by atomic mass is 10.0. The minimum Gasteiger partial charge on any atom is -0.497 e. The van der Waals surface area contributed by atoms with Crippen molar-refractivity contribution in [3.8, 4) is 11.5 Å². The van der Waals surface area contributed by atoms with Gasteiger partial charge in [0.15, 0.2) is 0 Å². The second-order valence-electron chi connectivity index (χ2n) is 4.08. The summed E-state index contributed by atoms with van der Waals surface area (Å²) >= 11 is 0. The molecule has 1 N–H and O–H groups in total. The molecule has 0 bridgehead atoms. The Labute approximate surface area is 106 Å². The SMILES string of the molecule is COC(=O)NC1CCCOc2cc(OC)ccc21. The van der Waals surface area contributed by atoms with Crippen LogP contribution in [0.5, 0.6) is 11.5 Å². The van der Waals surface area contributed by atoms with E-state index in [-0.39, 0.29) is 6.04 Å². The molecule has 0 radical (unpaired) electrons. The van der Waals surface area contributed by atoms with Crippen LogP contribution in [-0.4, -0.2) is 26.9 Å². The number of benzene rings is 1. The van der Waals surface area contributed by atoms with Crippen LogP contribution in [-0.2, 0) is 4.74 Å². The Kier molecular flexibility index (Phi) is 3.92. The molecule has 1 unspecified atom stereocenters. The van der Waals surface area contributed by atoms with E-state index in [0.717, 1.165) is 29.9 Å². The van der Waals surface area contributed by atoms with Gasteiger partial charge in [-0.25, -0.2) is 4.79 Å². The van der Waals surface area contributed by atoms with E-state index in [9.17, 15) is 4.79 Å². The van der Waals surface area contributed by atoms with E-state index in [0.29, 0.717) is 6.61 Å². The van der Waals surface area contributed by atoms with E-state index in [1.807, 2.05) is 18.2 Å². The first kappa shape index (κ1) is 12.5. The van der Waals surface area contributed by atoms with E-state index in [1.165, 1.54) is 7.11 Å². The van der Waals surface area contributed by atoms with Crippen LogP contribution in [0, 0.1) is 0 Å². The Balaban J connectivity index is 2.26. The number of methoxy groups -OCH3 is 2. The van der Waals surface area contributed by atoms with Crippen LogP contribution in [0.1, 0.15) is 24.4 Å². The largest absolute Gasteiger partial charge is 0.497 e. The number of hydrogen-bond acceptors (Lipinski definition) is 4. The van der Waals surface area contributed by atoms with Crippen LogP contribution in [0.2, 0.25) is 0 Å². The van der Waals surface area contributed by atoms with Crippen molar-refractivity contribution in [2.24, 2.45) is 0 Å². The van der Waals surface area contributed by atoms with E-state index in [4.69, 9.17) is 9.47 Å². The van der Waals surface area contributed by atoms with Gasteiger partial charge in [0.25, 0.3) is 0 Å². The molecule has 0 aromatic heterocycles. The fourth-order valence-electron chi connectivity index (χ4n) is 2.03. The summed E-state index contributed by atoms with van der Waals surface area (Å²) < 4.78 is 15.5. The van der Waals surface area contributed by atoms with Crippen molar-refractivity contribution < 1.29 is 19.0 Å². The van der Waals surface area contributed by atoms with Gasteiger partial charge >= 0.3 is 6.09 Å². The lowest BCUT2D eigenvalue weighted by molar-refractivity contribution is 0.166. The summed E-state index contributed by atoms with van der Waals surface area (Å²) in [6.07, 6.45) is 1.28. The summed E-state index contributed by atoms with van der Waals surface area (Å²) in [6, 6.07) is 5.53. The molecule has 1 amide bonds. The third-order valence-electron chi connectivity index (χ3n) is 2.97. The van der Waals surface area contributed by atoms with Crippen molar-refractivity contribution in [3.63, 3.8) is 0 Å². The van der Waals surface area contributed by atoms with Gasteiger partial charge in [0.1, 0.15) is 11.5 Å². The van der Waals surface area contributed by atoms with E-state index in [2.05, 4.69) is 10.1 Å². The van der Waals surface area contributed by atoms with Gasteiger partial charge in [-0.3, -0.25) is 0 Å². The molecule has 0 fully saturated rings. The molecule has 98 valence electrons. The summed E-state index contributed by atoms with van der Waals surface area (Å²) in [5.74, 6) is 1.50. The molecule has 0 saturated carbocycles. The number of amides is 1. The molecule has 0 aliphatic carbocycles. The summed E-state index contributed by atoms with van der Waals surface area (Å²) in [5, 5.41) is 2.82. The van der Waals surface area contributed by atoms with E-state index in [1.54, 1.807) is 7.11 Å². The number of rotatable bonds is 2. The highest BCUT2D eigenvalue weighted by Gasteiger charge is 2.22. The maximum atomic E-state index is 11.3. The van der Waals surface area contributed by atoms with Gasteiger partial charge < -0.3 is 19.5 Å². The molecular weight excluding hydrogens is 234 g/mol. The first-order valence-corrected chi connectivity index (χ1v) is 5.90. The van der Waals surface area contributed by atoms with Crippen molar-refractivity contribution in [1.82, 2.24) is 5.32 Å². The standard InChI is InChI=1S/C13H17NO4/c1-16-9-5-6-10-11(14-13(15)17-2)4-3-7-18-12(10)8-9/h5-6,8,11H,3-4,7H2,1-2H3,(H,14,15).